The van der Waals surface area contributed by atoms with Gasteiger partial charge in [-0.2, -0.15) is 13.2 Å². The maximum atomic E-state index is 12.8. The number of hydrogen-bond donors (Lipinski definition) is 3. The molecule has 0 aliphatic rings. The lowest BCUT2D eigenvalue weighted by Gasteiger charge is -2.23. The number of aliphatic hydroxyl groups is 2. The number of benzene rings is 1. The number of hydrogen-bond acceptors (Lipinski definition) is 3. The summed E-state index contributed by atoms with van der Waals surface area (Å²) in [6.45, 7) is -0.370. The van der Waals surface area contributed by atoms with Crippen molar-refractivity contribution in [3.63, 3.8) is 0 Å². The van der Waals surface area contributed by atoms with Crippen LogP contribution >= 0.6 is 0 Å². The summed E-state index contributed by atoms with van der Waals surface area (Å²) in [7, 11) is 0. The zero-order valence-electron chi connectivity index (χ0n) is 11.2. The largest absolute Gasteiger partial charge is 0.418 e. The zero-order valence-corrected chi connectivity index (χ0v) is 11.2. The maximum Gasteiger partial charge on any atom is 0.418 e. The van der Waals surface area contributed by atoms with Gasteiger partial charge in [-0.25, -0.2) is 4.79 Å². The molecule has 0 saturated heterocycles. The summed E-state index contributed by atoms with van der Waals surface area (Å²) in [4.78, 5) is 13.1. The molecule has 5 nitrogen and oxygen atoms in total. The Labute approximate surface area is 120 Å². The molecule has 3 N–H and O–H groups in total. The van der Waals surface area contributed by atoms with Gasteiger partial charge in [0.15, 0.2) is 0 Å². The van der Waals surface area contributed by atoms with Crippen LogP contribution in [-0.2, 0) is 6.18 Å². The van der Waals surface area contributed by atoms with Crippen molar-refractivity contribution in [1.29, 1.82) is 0 Å². The van der Waals surface area contributed by atoms with Crippen LogP contribution in [0, 0.1) is 0 Å². The van der Waals surface area contributed by atoms with Crippen LogP contribution in [0.2, 0.25) is 0 Å². The Balaban J connectivity index is 2.86. The summed E-state index contributed by atoms with van der Waals surface area (Å²) in [5.74, 6) is 0. The molecule has 8 heteroatoms. The molecule has 0 aliphatic heterocycles. The monoisotopic (exact) mass is 306 g/mol. The third-order valence-corrected chi connectivity index (χ3v) is 2.72. The summed E-state index contributed by atoms with van der Waals surface area (Å²) >= 11 is 0. The number of amides is 2. The summed E-state index contributed by atoms with van der Waals surface area (Å²) in [6.07, 6.45) is -4.30. The van der Waals surface area contributed by atoms with Crippen molar-refractivity contribution in [3.8, 4) is 0 Å². The summed E-state index contributed by atoms with van der Waals surface area (Å²) in [5, 5.41) is 19.8. The Morgan fingerprint density at radius 3 is 2.38 bits per heavy atom. The number of aliphatic hydroxyl groups excluding tert-OH is 2. The highest BCUT2D eigenvalue weighted by Gasteiger charge is 2.33. The highest BCUT2D eigenvalue weighted by Crippen LogP contribution is 2.34. The zero-order chi connectivity index (χ0) is 15.9. The van der Waals surface area contributed by atoms with E-state index in [1.807, 2.05) is 0 Å². The van der Waals surface area contributed by atoms with Crippen LogP contribution < -0.4 is 5.32 Å². The number of carbonyl (C=O) groups excluding carboxylic acids is 1. The summed E-state index contributed by atoms with van der Waals surface area (Å²) in [6, 6.07) is 3.89. The number of alkyl halides is 3. The first-order chi connectivity index (χ1) is 9.90. The Morgan fingerprint density at radius 1 is 1.14 bits per heavy atom. The van der Waals surface area contributed by atoms with Crippen LogP contribution in [0.15, 0.2) is 24.3 Å². The molecule has 0 heterocycles. The Kier molecular flexibility index (Phi) is 6.44. The van der Waals surface area contributed by atoms with Gasteiger partial charge in [0.1, 0.15) is 0 Å². The molecular formula is C13H17F3N2O3. The van der Waals surface area contributed by atoms with E-state index in [0.29, 0.717) is 0 Å². The van der Waals surface area contributed by atoms with E-state index in [1.54, 1.807) is 0 Å². The third kappa shape index (κ3) is 5.24. The average molecular weight is 306 g/mol. The Morgan fingerprint density at radius 2 is 1.81 bits per heavy atom. The predicted octanol–water partition coefficient (Wildman–Crippen LogP) is 1.91. The molecule has 0 radical (unpaired) electrons. The van der Waals surface area contributed by atoms with E-state index in [4.69, 9.17) is 10.2 Å². The predicted molar refractivity (Wildman–Crippen MR) is 70.8 cm³/mol. The normalized spacial score (nSPS) is 11.3. The second kappa shape index (κ2) is 7.84. The molecular weight excluding hydrogens is 289 g/mol. The number of rotatable bonds is 6. The van der Waals surface area contributed by atoms with Gasteiger partial charge < -0.3 is 20.4 Å². The van der Waals surface area contributed by atoms with E-state index < -0.39 is 17.8 Å². The molecule has 1 aromatic rings. The van der Waals surface area contributed by atoms with Crippen LogP contribution in [0.4, 0.5) is 23.7 Å². The Hall–Kier alpha value is -1.80. The van der Waals surface area contributed by atoms with Crippen molar-refractivity contribution >= 4 is 11.7 Å². The van der Waals surface area contributed by atoms with E-state index in [1.165, 1.54) is 12.1 Å². The smallest absolute Gasteiger partial charge is 0.396 e. The third-order valence-electron chi connectivity index (χ3n) is 2.72. The van der Waals surface area contributed by atoms with E-state index in [9.17, 15) is 18.0 Å². The van der Waals surface area contributed by atoms with Gasteiger partial charge in [-0.15, -0.1) is 0 Å². The second-order valence-corrected chi connectivity index (χ2v) is 4.26. The second-order valence-electron chi connectivity index (χ2n) is 4.26. The molecule has 0 spiro atoms. The van der Waals surface area contributed by atoms with Gasteiger partial charge in [0.25, 0.3) is 0 Å². The summed E-state index contributed by atoms with van der Waals surface area (Å²) < 4.78 is 38.4. The first kappa shape index (κ1) is 17.3. The van der Waals surface area contributed by atoms with E-state index in [-0.39, 0.29) is 38.4 Å². The number of halogens is 3. The quantitative estimate of drug-likeness (QED) is 0.752. The van der Waals surface area contributed by atoms with Gasteiger partial charge >= 0.3 is 12.2 Å². The lowest BCUT2D eigenvalue weighted by molar-refractivity contribution is -0.136. The molecule has 21 heavy (non-hydrogen) atoms. The molecule has 0 aliphatic carbocycles. The number of para-hydroxylation sites is 1. The van der Waals surface area contributed by atoms with Crippen molar-refractivity contribution < 1.29 is 28.2 Å². The van der Waals surface area contributed by atoms with Crippen molar-refractivity contribution in [1.82, 2.24) is 4.90 Å². The fraction of sp³-hybridized carbons (Fsp3) is 0.462. The molecule has 2 amide bonds. The average Bonchev–Trinajstić information content (AvgIpc) is 2.42. The maximum absolute atomic E-state index is 12.8. The van der Waals surface area contributed by atoms with Crippen LogP contribution in [0.5, 0.6) is 0 Å². The van der Waals surface area contributed by atoms with Gasteiger partial charge in [-0.05, 0) is 18.6 Å². The molecule has 1 aromatic carbocycles. The lowest BCUT2D eigenvalue weighted by atomic mass is 10.1. The molecule has 0 atom stereocenters. The fourth-order valence-electron chi connectivity index (χ4n) is 1.73. The minimum Gasteiger partial charge on any atom is -0.396 e. The van der Waals surface area contributed by atoms with Gasteiger partial charge in [0, 0.05) is 19.7 Å². The van der Waals surface area contributed by atoms with Crippen LogP contribution in [0.25, 0.3) is 0 Å². The molecule has 0 bridgehead atoms. The van der Waals surface area contributed by atoms with Crippen molar-refractivity contribution in [3.05, 3.63) is 29.8 Å². The highest BCUT2D eigenvalue weighted by molar-refractivity contribution is 5.90. The first-order valence-corrected chi connectivity index (χ1v) is 6.34. The highest BCUT2D eigenvalue weighted by atomic mass is 19.4. The number of carbonyl (C=O) groups is 1. The van der Waals surface area contributed by atoms with E-state index in [0.717, 1.165) is 17.0 Å². The van der Waals surface area contributed by atoms with Gasteiger partial charge in [-0.3, -0.25) is 0 Å². The van der Waals surface area contributed by atoms with Crippen LogP contribution in [-0.4, -0.2) is 47.4 Å². The SMILES string of the molecule is O=C(Nc1ccccc1C(F)(F)F)N(CCO)CCCO. The van der Waals surface area contributed by atoms with Gasteiger partial charge in [0.05, 0.1) is 17.9 Å². The number of anilines is 1. The van der Waals surface area contributed by atoms with Crippen molar-refractivity contribution in [2.75, 3.05) is 31.6 Å². The van der Waals surface area contributed by atoms with Crippen LogP contribution in [0.3, 0.4) is 0 Å². The standard InChI is InChI=1S/C13H17F3N2O3/c14-13(15,16)10-4-1-2-5-11(10)17-12(21)18(7-9-20)6-3-8-19/h1-2,4-5,19-20H,3,6-9H2,(H,17,21). The number of nitrogens with zero attached hydrogens (tertiary/aromatic N) is 1. The molecule has 0 aromatic heterocycles. The minimum atomic E-state index is -4.57. The molecule has 118 valence electrons. The van der Waals surface area contributed by atoms with Crippen LogP contribution in [0.1, 0.15) is 12.0 Å². The number of urea groups is 1. The topological polar surface area (TPSA) is 72.8 Å². The first-order valence-electron chi connectivity index (χ1n) is 6.34. The van der Waals surface area contributed by atoms with E-state index in [2.05, 4.69) is 5.32 Å². The molecule has 0 fully saturated rings. The van der Waals surface area contributed by atoms with Gasteiger partial charge in [-0.1, -0.05) is 12.1 Å². The van der Waals surface area contributed by atoms with Crippen molar-refractivity contribution in [2.24, 2.45) is 0 Å². The molecule has 1 rings (SSSR count). The molecule has 0 unspecified atom stereocenters. The van der Waals surface area contributed by atoms with E-state index >= 15 is 0 Å². The fourth-order valence-corrected chi connectivity index (χ4v) is 1.73. The number of nitrogens with one attached hydrogen (secondary N) is 1. The van der Waals surface area contributed by atoms with Gasteiger partial charge in [0.2, 0.25) is 0 Å². The molecule has 0 saturated carbocycles. The lowest BCUT2D eigenvalue weighted by Crippen LogP contribution is -2.38. The summed E-state index contributed by atoms with van der Waals surface area (Å²) in [5.41, 5.74) is -1.29. The Bertz CT molecular complexity index is 466. The van der Waals surface area contributed by atoms with Crippen molar-refractivity contribution in [2.45, 2.75) is 12.6 Å². The minimum absolute atomic E-state index is 0.0278.